The van der Waals surface area contributed by atoms with Gasteiger partial charge in [-0.1, -0.05) is 12.1 Å². The number of hydrogen-bond acceptors (Lipinski definition) is 5. The molecule has 0 spiro atoms. The van der Waals surface area contributed by atoms with E-state index in [9.17, 15) is 9.59 Å². The van der Waals surface area contributed by atoms with Gasteiger partial charge in [-0.05, 0) is 24.6 Å². The molecular formula is C18H20N4O2S. The number of benzene rings is 1. The molecule has 2 aromatic heterocycles. The Bertz CT molecular complexity index is 944. The third kappa shape index (κ3) is 3.41. The lowest BCUT2D eigenvalue weighted by atomic mass is 10.1. The van der Waals surface area contributed by atoms with E-state index in [0.717, 1.165) is 11.3 Å². The number of anilines is 1. The lowest BCUT2D eigenvalue weighted by Crippen LogP contribution is -2.35. The number of aromatic nitrogens is 2. The molecule has 1 amide bonds. The fourth-order valence-electron chi connectivity index (χ4n) is 2.59. The van der Waals surface area contributed by atoms with Crippen molar-refractivity contribution < 1.29 is 4.79 Å². The van der Waals surface area contributed by atoms with Crippen molar-refractivity contribution in [1.82, 2.24) is 14.3 Å². The van der Waals surface area contributed by atoms with Crippen molar-refractivity contribution in [2.75, 3.05) is 25.5 Å². The molecule has 1 aromatic carbocycles. The Labute approximate surface area is 150 Å². The minimum atomic E-state index is -0.322. The second kappa shape index (κ2) is 7.06. The van der Waals surface area contributed by atoms with E-state index in [2.05, 4.69) is 4.98 Å². The van der Waals surface area contributed by atoms with Gasteiger partial charge in [0.05, 0.1) is 0 Å². The summed E-state index contributed by atoms with van der Waals surface area (Å²) in [4.78, 5) is 33.8. The normalized spacial score (nSPS) is 10.8. The summed E-state index contributed by atoms with van der Waals surface area (Å²) in [5.41, 5.74) is 1.90. The van der Waals surface area contributed by atoms with Crippen molar-refractivity contribution in [3.63, 3.8) is 0 Å². The molecule has 0 aliphatic rings. The molecule has 0 unspecified atom stereocenters. The zero-order valence-corrected chi connectivity index (χ0v) is 15.3. The predicted octanol–water partition coefficient (Wildman–Crippen LogP) is 2.48. The molecule has 130 valence electrons. The number of thiazole rings is 1. The molecule has 0 bridgehead atoms. The Morgan fingerprint density at radius 1 is 1.24 bits per heavy atom. The van der Waals surface area contributed by atoms with E-state index >= 15 is 0 Å². The Morgan fingerprint density at radius 2 is 1.96 bits per heavy atom. The third-order valence-corrected chi connectivity index (χ3v) is 4.84. The van der Waals surface area contributed by atoms with Crippen molar-refractivity contribution in [3.05, 3.63) is 63.5 Å². The Morgan fingerprint density at radius 3 is 2.60 bits per heavy atom. The Kier molecular flexibility index (Phi) is 4.85. The van der Waals surface area contributed by atoms with Gasteiger partial charge in [0.25, 0.3) is 11.5 Å². The van der Waals surface area contributed by atoms with Gasteiger partial charge < -0.3 is 9.80 Å². The van der Waals surface area contributed by atoms with Crippen molar-refractivity contribution in [2.45, 2.75) is 13.5 Å². The van der Waals surface area contributed by atoms with Crippen molar-refractivity contribution in [1.29, 1.82) is 0 Å². The van der Waals surface area contributed by atoms with Gasteiger partial charge in [0.15, 0.2) is 4.96 Å². The highest BCUT2D eigenvalue weighted by atomic mass is 32.1. The van der Waals surface area contributed by atoms with E-state index in [4.69, 9.17) is 0 Å². The van der Waals surface area contributed by atoms with Gasteiger partial charge in [0, 0.05) is 50.6 Å². The Hall–Kier alpha value is -2.67. The summed E-state index contributed by atoms with van der Waals surface area (Å²) in [5.74, 6) is -0.294. The van der Waals surface area contributed by atoms with Crippen LogP contribution in [0.15, 0.2) is 46.8 Å². The molecule has 0 fully saturated rings. The van der Waals surface area contributed by atoms with Crippen molar-refractivity contribution >= 4 is 27.9 Å². The molecule has 7 heteroatoms. The topological polar surface area (TPSA) is 57.9 Å². The summed E-state index contributed by atoms with van der Waals surface area (Å²) in [7, 11) is 3.97. The van der Waals surface area contributed by atoms with Gasteiger partial charge >= 0.3 is 0 Å². The third-order valence-electron chi connectivity index (χ3n) is 4.07. The maximum Gasteiger partial charge on any atom is 0.271 e. The first-order valence-electron chi connectivity index (χ1n) is 8.01. The molecule has 0 saturated heterocycles. The number of rotatable bonds is 5. The maximum absolute atomic E-state index is 12.8. The zero-order chi connectivity index (χ0) is 18.0. The first kappa shape index (κ1) is 17.2. The Balaban J connectivity index is 1.85. The average Bonchev–Trinajstić information content (AvgIpc) is 3.09. The van der Waals surface area contributed by atoms with Crippen LogP contribution in [0.5, 0.6) is 0 Å². The minimum absolute atomic E-state index is 0.0997. The number of nitrogens with zero attached hydrogens (tertiary/aromatic N) is 4. The highest BCUT2D eigenvalue weighted by Gasteiger charge is 2.19. The second-order valence-electron chi connectivity index (χ2n) is 5.91. The van der Waals surface area contributed by atoms with E-state index in [1.165, 1.54) is 21.9 Å². The summed E-state index contributed by atoms with van der Waals surface area (Å²) in [6.45, 7) is 2.87. The number of hydrogen-bond donors (Lipinski definition) is 0. The smallest absolute Gasteiger partial charge is 0.271 e. The average molecular weight is 356 g/mol. The highest BCUT2D eigenvalue weighted by Crippen LogP contribution is 2.15. The van der Waals surface area contributed by atoms with Crippen LogP contribution in [0.25, 0.3) is 4.96 Å². The fourth-order valence-corrected chi connectivity index (χ4v) is 3.26. The van der Waals surface area contributed by atoms with Crippen LogP contribution in [-0.4, -0.2) is 40.8 Å². The van der Waals surface area contributed by atoms with Crippen molar-refractivity contribution in [2.24, 2.45) is 0 Å². The highest BCUT2D eigenvalue weighted by molar-refractivity contribution is 7.15. The van der Waals surface area contributed by atoms with Crippen LogP contribution in [0.2, 0.25) is 0 Å². The maximum atomic E-state index is 12.8. The van der Waals surface area contributed by atoms with Crippen molar-refractivity contribution in [3.8, 4) is 0 Å². The van der Waals surface area contributed by atoms with E-state index in [0.29, 0.717) is 18.1 Å². The summed E-state index contributed by atoms with van der Waals surface area (Å²) in [6.07, 6.45) is 3.02. The van der Waals surface area contributed by atoms with Crippen LogP contribution >= 0.6 is 11.3 Å². The fraction of sp³-hybridized carbons (Fsp3) is 0.278. The lowest BCUT2D eigenvalue weighted by Gasteiger charge is -2.21. The number of carbonyl (C=O) groups is 1. The standard InChI is InChI=1S/C18H20N4O2S/c1-4-21(12-13-5-7-14(8-6-13)20(2)3)16(23)15-11-19-18-22(17(15)24)9-10-25-18/h5-11H,4,12H2,1-3H3. The molecule has 25 heavy (non-hydrogen) atoms. The summed E-state index contributed by atoms with van der Waals surface area (Å²) in [5, 5.41) is 1.78. The number of carbonyl (C=O) groups excluding carboxylic acids is 1. The molecular weight excluding hydrogens is 336 g/mol. The van der Waals surface area contributed by atoms with Crippen LogP contribution < -0.4 is 10.5 Å². The van der Waals surface area contributed by atoms with Crippen LogP contribution in [0.1, 0.15) is 22.8 Å². The largest absolute Gasteiger partial charge is 0.378 e. The van der Waals surface area contributed by atoms with Crippen LogP contribution in [0.4, 0.5) is 5.69 Å². The van der Waals surface area contributed by atoms with Gasteiger partial charge in [0.2, 0.25) is 0 Å². The SMILES string of the molecule is CCN(Cc1ccc(N(C)C)cc1)C(=O)c1cnc2sccn2c1=O. The van der Waals surface area contributed by atoms with E-state index < -0.39 is 0 Å². The molecule has 0 radical (unpaired) electrons. The van der Waals surface area contributed by atoms with E-state index in [-0.39, 0.29) is 17.0 Å². The first-order valence-corrected chi connectivity index (χ1v) is 8.89. The molecule has 0 saturated carbocycles. The second-order valence-corrected chi connectivity index (χ2v) is 6.79. The summed E-state index contributed by atoms with van der Waals surface area (Å²) >= 11 is 1.37. The van der Waals surface area contributed by atoms with Gasteiger partial charge in [-0.15, -0.1) is 11.3 Å². The van der Waals surface area contributed by atoms with Gasteiger partial charge in [-0.3, -0.25) is 14.0 Å². The molecule has 0 N–H and O–H groups in total. The van der Waals surface area contributed by atoms with Crippen LogP contribution in [0, 0.1) is 0 Å². The number of fused-ring (bicyclic) bond motifs is 1. The van der Waals surface area contributed by atoms with Gasteiger partial charge in [-0.25, -0.2) is 4.98 Å². The van der Waals surface area contributed by atoms with Crippen LogP contribution in [-0.2, 0) is 6.54 Å². The predicted molar refractivity (Wildman–Crippen MR) is 101 cm³/mol. The summed E-state index contributed by atoms with van der Waals surface area (Å²) in [6, 6.07) is 8.03. The minimum Gasteiger partial charge on any atom is -0.378 e. The molecule has 3 aromatic rings. The monoisotopic (exact) mass is 356 g/mol. The van der Waals surface area contributed by atoms with Gasteiger partial charge in [-0.2, -0.15) is 0 Å². The van der Waals surface area contributed by atoms with E-state index in [1.54, 1.807) is 16.5 Å². The first-order chi connectivity index (χ1) is 12.0. The molecule has 3 rings (SSSR count). The molecule has 0 aliphatic carbocycles. The molecule has 6 nitrogen and oxygen atoms in total. The van der Waals surface area contributed by atoms with E-state index in [1.807, 2.05) is 50.2 Å². The summed E-state index contributed by atoms with van der Waals surface area (Å²) < 4.78 is 1.41. The molecule has 2 heterocycles. The van der Waals surface area contributed by atoms with Gasteiger partial charge in [0.1, 0.15) is 5.56 Å². The number of amides is 1. The zero-order valence-electron chi connectivity index (χ0n) is 14.5. The quantitative estimate of drug-likeness (QED) is 0.705. The lowest BCUT2D eigenvalue weighted by molar-refractivity contribution is 0.0750. The van der Waals surface area contributed by atoms with Crippen LogP contribution in [0.3, 0.4) is 0 Å². The molecule has 0 atom stereocenters. The molecule has 0 aliphatic heterocycles.